The van der Waals surface area contributed by atoms with E-state index in [9.17, 15) is 15.0 Å². The number of carbonyl (C=O) groups is 1. The molecule has 2 heterocycles. The van der Waals surface area contributed by atoms with Crippen molar-refractivity contribution in [1.82, 2.24) is 0 Å². The molecule has 2 fully saturated rings. The Balaban J connectivity index is 1.82. The summed E-state index contributed by atoms with van der Waals surface area (Å²) in [6.07, 6.45) is 7.06. The van der Waals surface area contributed by atoms with Crippen LogP contribution in [0.1, 0.15) is 44.2 Å². The normalized spacial score (nSPS) is 44.2. The summed E-state index contributed by atoms with van der Waals surface area (Å²) < 4.78 is 11.0. The Labute approximate surface area is 142 Å². The van der Waals surface area contributed by atoms with Gasteiger partial charge in [-0.2, -0.15) is 0 Å². The monoisotopic (exact) mass is 334 g/mol. The average molecular weight is 334 g/mol. The van der Waals surface area contributed by atoms with E-state index < -0.39 is 5.41 Å². The van der Waals surface area contributed by atoms with Crippen LogP contribution in [0.25, 0.3) is 0 Å². The Kier molecular flexibility index (Phi) is 3.42. The number of cyclic esters (lactones) is 1. The third-order valence-corrected chi connectivity index (χ3v) is 7.48. The minimum atomic E-state index is -0.856. The maximum atomic E-state index is 12.4. The van der Waals surface area contributed by atoms with Crippen LogP contribution < -0.4 is 0 Å². The number of aliphatic hydroxyl groups excluding tert-OH is 2. The summed E-state index contributed by atoms with van der Waals surface area (Å²) in [6.45, 7) is 4.26. The molecule has 0 amide bonds. The number of aliphatic hydroxyl groups is 2. The molecule has 2 aliphatic carbocycles. The molecule has 0 bridgehead atoms. The Bertz CT molecular complexity index is 666. The number of fused-ring (bicyclic) bond motifs is 5. The highest BCUT2D eigenvalue weighted by Crippen LogP contribution is 2.64. The molecule has 24 heavy (non-hydrogen) atoms. The molecule has 0 unspecified atom stereocenters. The van der Waals surface area contributed by atoms with Crippen molar-refractivity contribution < 1.29 is 24.2 Å². The average Bonchev–Trinajstić information content (AvgIpc) is 3.08. The van der Waals surface area contributed by atoms with Crippen molar-refractivity contribution in [3.63, 3.8) is 0 Å². The van der Waals surface area contributed by atoms with Crippen LogP contribution in [0.15, 0.2) is 16.9 Å². The zero-order chi connectivity index (χ0) is 17.2. The maximum Gasteiger partial charge on any atom is 0.314 e. The van der Waals surface area contributed by atoms with Crippen molar-refractivity contribution in [3.8, 4) is 0 Å². The van der Waals surface area contributed by atoms with E-state index in [1.54, 1.807) is 12.5 Å². The van der Waals surface area contributed by atoms with Crippen LogP contribution in [0.2, 0.25) is 0 Å². The topological polar surface area (TPSA) is 79.9 Å². The van der Waals surface area contributed by atoms with Crippen LogP contribution in [0.4, 0.5) is 0 Å². The highest BCUT2D eigenvalue weighted by Gasteiger charge is 2.65. The lowest BCUT2D eigenvalue weighted by molar-refractivity contribution is -0.211. The quantitative estimate of drug-likeness (QED) is 0.809. The number of esters is 1. The first kappa shape index (κ1) is 16.2. The van der Waals surface area contributed by atoms with Gasteiger partial charge in [-0.05, 0) is 50.0 Å². The molecule has 0 aromatic carbocycles. The first-order valence-electron chi connectivity index (χ1n) is 8.87. The van der Waals surface area contributed by atoms with Gasteiger partial charge in [0.05, 0.1) is 37.8 Å². The van der Waals surface area contributed by atoms with Gasteiger partial charge in [0.15, 0.2) is 0 Å². The number of ether oxygens (including phenoxy) is 1. The van der Waals surface area contributed by atoms with Crippen LogP contribution >= 0.6 is 0 Å². The lowest BCUT2D eigenvalue weighted by Crippen LogP contribution is -2.65. The second-order valence-corrected chi connectivity index (χ2v) is 8.47. The lowest BCUT2D eigenvalue weighted by atomic mass is 9.43. The third kappa shape index (κ3) is 1.75. The van der Waals surface area contributed by atoms with Crippen molar-refractivity contribution in [3.05, 3.63) is 23.7 Å². The van der Waals surface area contributed by atoms with E-state index in [-0.39, 0.29) is 41.8 Å². The summed E-state index contributed by atoms with van der Waals surface area (Å²) in [5.74, 6) is -0.0176. The van der Waals surface area contributed by atoms with Gasteiger partial charge < -0.3 is 19.4 Å². The van der Waals surface area contributed by atoms with E-state index in [1.165, 1.54) is 5.56 Å². The molecule has 0 spiro atoms. The molecule has 5 atom stereocenters. The van der Waals surface area contributed by atoms with Crippen LogP contribution in [-0.4, -0.2) is 36.0 Å². The molecule has 0 radical (unpaired) electrons. The molecule has 1 aromatic heterocycles. The minimum absolute atomic E-state index is 0.0642. The Morgan fingerprint density at radius 2 is 1.96 bits per heavy atom. The van der Waals surface area contributed by atoms with E-state index in [1.807, 2.05) is 6.92 Å². The van der Waals surface area contributed by atoms with E-state index in [0.29, 0.717) is 6.61 Å². The number of hydrogen-bond donors (Lipinski definition) is 2. The molecule has 1 saturated carbocycles. The van der Waals surface area contributed by atoms with Crippen LogP contribution in [0.5, 0.6) is 0 Å². The second-order valence-electron chi connectivity index (χ2n) is 8.47. The van der Waals surface area contributed by atoms with E-state index in [0.717, 1.165) is 31.2 Å². The number of furan rings is 1. The van der Waals surface area contributed by atoms with Gasteiger partial charge in [-0.3, -0.25) is 4.79 Å². The van der Waals surface area contributed by atoms with Gasteiger partial charge in [-0.1, -0.05) is 6.92 Å². The molecular weight excluding hydrogens is 308 g/mol. The van der Waals surface area contributed by atoms with Gasteiger partial charge >= 0.3 is 5.97 Å². The molecule has 1 aromatic rings. The van der Waals surface area contributed by atoms with E-state index in [2.05, 4.69) is 6.92 Å². The van der Waals surface area contributed by atoms with E-state index >= 15 is 0 Å². The maximum absolute atomic E-state index is 12.4. The number of carbonyl (C=O) groups excluding carboxylic acids is 1. The van der Waals surface area contributed by atoms with Crippen molar-refractivity contribution >= 4 is 5.97 Å². The zero-order valence-electron chi connectivity index (χ0n) is 14.4. The third-order valence-electron chi connectivity index (χ3n) is 7.48. The molecule has 5 nitrogen and oxygen atoms in total. The smallest absolute Gasteiger partial charge is 0.314 e. The highest BCUT2D eigenvalue weighted by molar-refractivity contribution is 5.78. The molecule has 2 N–H and O–H groups in total. The standard InChI is InChI=1S/C19H26O5/c1-17(9-20)14-5-6-19(10-21)13-8-23-7-12(13)3-4-15(19)18(14,2)11-24-16(17)22/h7-8,14-15,20-21H,3-6,9-11H2,1-2H3/t14-,15+,17+,18-,19+/m0/s1. The molecule has 4 rings (SSSR count). The lowest BCUT2D eigenvalue weighted by Gasteiger charge is -2.62. The fourth-order valence-electron chi connectivity index (χ4n) is 6.19. The van der Waals surface area contributed by atoms with Crippen molar-refractivity contribution in [2.75, 3.05) is 19.8 Å². The second kappa shape index (κ2) is 5.09. The highest BCUT2D eigenvalue weighted by atomic mass is 16.5. The van der Waals surface area contributed by atoms with Crippen LogP contribution in [0, 0.1) is 22.7 Å². The number of aryl methyl sites for hydroxylation is 1. The molecule has 1 aliphatic heterocycles. The van der Waals surface area contributed by atoms with Gasteiger partial charge in [0.2, 0.25) is 0 Å². The summed E-state index contributed by atoms with van der Waals surface area (Å²) in [5.41, 5.74) is 0.891. The summed E-state index contributed by atoms with van der Waals surface area (Å²) in [4.78, 5) is 12.4. The van der Waals surface area contributed by atoms with Gasteiger partial charge in [0.1, 0.15) is 0 Å². The van der Waals surface area contributed by atoms with Crippen molar-refractivity contribution in [2.45, 2.75) is 44.9 Å². The summed E-state index contributed by atoms with van der Waals surface area (Å²) in [5, 5.41) is 20.3. The Morgan fingerprint density at radius 1 is 1.17 bits per heavy atom. The van der Waals surface area contributed by atoms with Crippen molar-refractivity contribution in [2.24, 2.45) is 22.7 Å². The van der Waals surface area contributed by atoms with Gasteiger partial charge in [-0.25, -0.2) is 0 Å². The Morgan fingerprint density at radius 3 is 2.67 bits per heavy atom. The predicted molar refractivity (Wildman–Crippen MR) is 86.3 cm³/mol. The van der Waals surface area contributed by atoms with Crippen molar-refractivity contribution in [1.29, 1.82) is 0 Å². The minimum Gasteiger partial charge on any atom is -0.472 e. The predicted octanol–water partition coefficient (Wildman–Crippen LogP) is 2.04. The summed E-state index contributed by atoms with van der Waals surface area (Å²) in [6, 6.07) is 0. The fourth-order valence-corrected chi connectivity index (χ4v) is 6.19. The van der Waals surface area contributed by atoms with Gasteiger partial charge in [0, 0.05) is 16.4 Å². The van der Waals surface area contributed by atoms with Crippen LogP contribution in [0.3, 0.4) is 0 Å². The van der Waals surface area contributed by atoms with Gasteiger partial charge in [0.25, 0.3) is 0 Å². The number of rotatable bonds is 2. The Hall–Kier alpha value is -1.33. The summed E-state index contributed by atoms with van der Waals surface area (Å²) in [7, 11) is 0. The molecule has 3 aliphatic rings. The van der Waals surface area contributed by atoms with Gasteiger partial charge in [-0.15, -0.1) is 0 Å². The number of hydrogen-bond acceptors (Lipinski definition) is 5. The SMILES string of the molecule is C[C@]12COC(=O)[C@](C)(CO)[C@@H]1CC[C@@]1(CO)c3cocc3CC[C@@H]12. The zero-order valence-corrected chi connectivity index (χ0v) is 14.4. The molecule has 1 saturated heterocycles. The van der Waals surface area contributed by atoms with E-state index in [4.69, 9.17) is 9.15 Å². The molecule has 5 heteroatoms. The largest absolute Gasteiger partial charge is 0.472 e. The summed E-state index contributed by atoms with van der Waals surface area (Å²) >= 11 is 0. The molecular formula is C19H26O5. The first-order chi connectivity index (χ1) is 11.4. The first-order valence-corrected chi connectivity index (χ1v) is 8.87. The van der Waals surface area contributed by atoms with Crippen LogP contribution in [-0.2, 0) is 21.4 Å². The fraction of sp³-hybridized carbons (Fsp3) is 0.737. The molecule has 132 valence electrons.